The number of anilines is 1. The van der Waals surface area contributed by atoms with Gasteiger partial charge in [-0.2, -0.15) is 0 Å². The summed E-state index contributed by atoms with van der Waals surface area (Å²) < 4.78 is 0. The summed E-state index contributed by atoms with van der Waals surface area (Å²) in [4.78, 5) is 23.8. The molecule has 3 N–H and O–H groups in total. The number of hydrogen-bond donors (Lipinski definition) is 2. The topological polar surface area (TPSA) is 83.6 Å². The summed E-state index contributed by atoms with van der Waals surface area (Å²) in [6.07, 6.45) is 0.869. The molecule has 0 aliphatic rings. The Morgan fingerprint density at radius 3 is 2.39 bits per heavy atom. The van der Waals surface area contributed by atoms with Crippen LogP contribution in [0.25, 0.3) is 0 Å². The van der Waals surface area contributed by atoms with Gasteiger partial charge in [-0.05, 0) is 31.0 Å². The molecule has 0 radical (unpaired) electrons. The molecule has 0 saturated heterocycles. The first-order chi connectivity index (χ1) is 8.41. The van der Waals surface area contributed by atoms with E-state index < -0.39 is 12.0 Å². The van der Waals surface area contributed by atoms with Crippen LogP contribution in [-0.4, -0.2) is 35.0 Å². The van der Waals surface area contributed by atoms with Gasteiger partial charge in [-0.3, -0.25) is 4.79 Å². The Balaban J connectivity index is 2.50. The maximum atomic E-state index is 11.8. The van der Waals surface area contributed by atoms with E-state index in [1.165, 1.54) is 18.9 Å². The van der Waals surface area contributed by atoms with Crippen LogP contribution in [0, 0.1) is 0 Å². The highest BCUT2D eigenvalue weighted by atomic mass is 16.4. The lowest BCUT2D eigenvalue weighted by atomic mass is 10.1. The number of hydrogen-bond acceptors (Lipinski definition) is 3. The molecule has 0 bridgehead atoms. The molecule has 0 aliphatic carbocycles. The minimum Gasteiger partial charge on any atom is -0.480 e. The molecule has 1 aromatic rings. The maximum Gasteiger partial charge on any atom is 0.326 e. The summed E-state index contributed by atoms with van der Waals surface area (Å²) in [6, 6.07) is 6.49. The smallest absolute Gasteiger partial charge is 0.326 e. The fourth-order valence-corrected chi connectivity index (χ4v) is 1.49. The number of carboxylic acid groups (broad SMARTS) is 1. The molecule has 1 aromatic carbocycles. The molecule has 98 valence electrons. The first-order valence-electron chi connectivity index (χ1n) is 5.74. The highest BCUT2D eigenvalue weighted by Gasteiger charge is 2.20. The number of benzene rings is 1. The van der Waals surface area contributed by atoms with Crippen LogP contribution in [0.2, 0.25) is 0 Å². The van der Waals surface area contributed by atoms with Crippen molar-refractivity contribution >= 4 is 17.6 Å². The third-order valence-electron chi connectivity index (χ3n) is 2.94. The zero-order chi connectivity index (χ0) is 13.7. The molecule has 1 unspecified atom stereocenters. The molecule has 0 aliphatic heterocycles. The lowest BCUT2D eigenvalue weighted by molar-refractivity contribution is -0.148. The van der Waals surface area contributed by atoms with Crippen LogP contribution in [0.3, 0.4) is 0 Å². The van der Waals surface area contributed by atoms with E-state index in [2.05, 4.69) is 0 Å². The fraction of sp³-hybridized carbons (Fsp3) is 0.385. The third-order valence-corrected chi connectivity index (χ3v) is 2.94. The van der Waals surface area contributed by atoms with E-state index in [9.17, 15) is 9.59 Å². The van der Waals surface area contributed by atoms with Crippen LogP contribution in [0.15, 0.2) is 24.3 Å². The van der Waals surface area contributed by atoms with Crippen LogP contribution in [0.4, 0.5) is 5.69 Å². The summed E-state index contributed by atoms with van der Waals surface area (Å²) >= 11 is 0. The van der Waals surface area contributed by atoms with Gasteiger partial charge in [0, 0.05) is 19.2 Å². The Morgan fingerprint density at radius 1 is 1.33 bits per heavy atom. The number of carbonyl (C=O) groups excluding carboxylic acids is 1. The second kappa shape index (κ2) is 6.05. The van der Waals surface area contributed by atoms with E-state index in [0.29, 0.717) is 12.1 Å². The van der Waals surface area contributed by atoms with Gasteiger partial charge in [0.25, 0.3) is 0 Å². The van der Waals surface area contributed by atoms with Crippen LogP contribution in [-0.2, 0) is 16.0 Å². The predicted octanol–water partition coefficient (Wildman–Crippen LogP) is 1.13. The van der Waals surface area contributed by atoms with Gasteiger partial charge < -0.3 is 15.7 Å². The lowest BCUT2D eigenvalue weighted by Crippen LogP contribution is -2.40. The molecule has 1 amide bonds. The van der Waals surface area contributed by atoms with Crippen molar-refractivity contribution < 1.29 is 14.7 Å². The molecule has 1 atom stereocenters. The van der Waals surface area contributed by atoms with E-state index in [-0.39, 0.29) is 12.3 Å². The highest BCUT2D eigenvalue weighted by Crippen LogP contribution is 2.09. The van der Waals surface area contributed by atoms with Crippen LogP contribution in [0.5, 0.6) is 0 Å². The third kappa shape index (κ3) is 3.76. The van der Waals surface area contributed by atoms with Crippen molar-refractivity contribution in [3.8, 4) is 0 Å². The zero-order valence-electron chi connectivity index (χ0n) is 10.6. The summed E-state index contributed by atoms with van der Waals surface area (Å²) in [7, 11) is 1.50. The van der Waals surface area contributed by atoms with Gasteiger partial charge in [0.2, 0.25) is 5.91 Å². The van der Waals surface area contributed by atoms with E-state index in [1.54, 1.807) is 12.1 Å². The number of carbonyl (C=O) groups is 2. The number of aryl methyl sites for hydroxylation is 1. The number of rotatable bonds is 5. The standard InChI is InChI=1S/C13H18N2O3/c1-9(13(17)18)15(2)12(16)8-5-10-3-6-11(14)7-4-10/h3-4,6-7,9H,5,8,14H2,1-2H3,(H,17,18). The van der Waals surface area contributed by atoms with Gasteiger partial charge in [0.1, 0.15) is 6.04 Å². The first-order valence-corrected chi connectivity index (χ1v) is 5.74. The number of nitrogen functional groups attached to an aromatic ring is 1. The summed E-state index contributed by atoms with van der Waals surface area (Å²) in [5, 5.41) is 8.81. The minimum absolute atomic E-state index is 0.179. The Hall–Kier alpha value is -2.04. The summed E-state index contributed by atoms with van der Waals surface area (Å²) in [5.74, 6) is -1.18. The van der Waals surface area contributed by atoms with Gasteiger partial charge in [0.15, 0.2) is 0 Å². The second-order valence-corrected chi connectivity index (χ2v) is 4.26. The number of aliphatic carboxylic acids is 1. The number of carboxylic acids is 1. The van der Waals surface area contributed by atoms with Crippen LogP contribution in [0.1, 0.15) is 18.9 Å². The van der Waals surface area contributed by atoms with Crippen molar-refractivity contribution in [2.75, 3.05) is 12.8 Å². The van der Waals surface area contributed by atoms with Crippen molar-refractivity contribution in [2.45, 2.75) is 25.8 Å². The SMILES string of the molecule is CC(C(=O)O)N(C)C(=O)CCc1ccc(N)cc1. The molecule has 5 nitrogen and oxygen atoms in total. The number of likely N-dealkylation sites (N-methyl/N-ethyl adjacent to an activating group) is 1. The number of nitrogens with two attached hydrogens (primary N) is 1. The summed E-state index contributed by atoms with van der Waals surface area (Å²) in [5.41, 5.74) is 7.25. The van der Waals surface area contributed by atoms with Crippen molar-refractivity contribution in [2.24, 2.45) is 0 Å². The van der Waals surface area contributed by atoms with Crippen molar-refractivity contribution in [1.82, 2.24) is 4.90 Å². The Labute approximate surface area is 106 Å². The van der Waals surface area contributed by atoms with Gasteiger partial charge in [-0.15, -0.1) is 0 Å². The largest absolute Gasteiger partial charge is 0.480 e. The Kier molecular flexibility index (Phi) is 4.71. The number of nitrogens with zero attached hydrogens (tertiary/aromatic N) is 1. The van der Waals surface area contributed by atoms with Crippen molar-refractivity contribution in [3.63, 3.8) is 0 Å². The minimum atomic E-state index is -1.00. The quantitative estimate of drug-likeness (QED) is 0.767. The Bertz CT molecular complexity index is 428. The van der Waals surface area contributed by atoms with Crippen LogP contribution < -0.4 is 5.73 Å². The predicted molar refractivity (Wildman–Crippen MR) is 69.0 cm³/mol. The van der Waals surface area contributed by atoms with Gasteiger partial charge in [0.05, 0.1) is 0 Å². The zero-order valence-corrected chi connectivity index (χ0v) is 10.6. The summed E-state index contributed by atoms with van der Waals surface area (Å²) in [6.45, 7) is 1.49. The van der Waals surface area contributed by atoms with E-state index in [0.717, 1.165) is 5.56 Å². The van der Waals surface area contributed by atoms with E-state index in [1.807, 2.05) is 12.1 Å². The molecular formula is C13H18N2O3. The second-order valence-electron chi connectivity index (χ2n) is 4.26. The number of amides is 1. The van der Waals surface area contributed by atoms with Gasteiger partial charge in [-0.25, -0.2) is 4.79 Å². The monoisotopic (exact) mass is 250 g/mol. The van der Waals surface area contributed by atoms with E-state index >= 15 is 0 Å². The van der Waals surface area contributed by atoms with E-state index in [4.69, 9.17) is 10.8 Å². The molecular weight excluding hydrogens is 232 g/mol. The molecule has 0 aromatic heterocycles. The lowest BCUT2D eigenvalue weighted by Gasteiger charge is -2.21. The molecule has 0 heterocycles. The van der Waals surface area contributed by atoms with Gasteiger partial charge in [-0.1, -0.05) is 12.1 Å². The molecule has 0 fully saturated rings. The average molecular weight is 250 g/mol. The Morgan fingerprint density at radius 2 is 1.89 bits per heavy atom. The molecule has 1 rings (SSSR count). The van der Waals surface area contributed by atoms with Crippen molar-refractivity contribution in [3.05, 3.63) is 29.8 Å². The molecule has 0 spiro atoms. The maximum absolute atomic E-state index is 11.8. The van der Waals surface area contributed by atoms with Crippen LogP contribution >= 0.6 is 0 Å². The normalized spacial score (nSPS) is 11.9. The highest BCUT2D eigenvalue weighted by molar-refractivity contribution is 5.83. The molecule has 5 heteroatoms. The average Bonchev–Trinajstić information content (AvgIpc) is 2.35. The first kappa shape index (κ1) is 14.0. The fourth-order valence-electron chi connectivity index (χ4n) is 1.49. The van der Waals surface area contributed by atoms with Crippen molar-refractivity contribution in [1.29, 1.82) is 0 Å². The molecule has 18 heavy (non-hydrogen) atoms. The van der Waals surface area contributed by atoms with Gasteiger partial charge >= 0.3 is 5.97 Å². The molecule has 0 saturated carbocycles.